The largest absolute Gasteiger partial charge is 0.478 e. The summed E-state index contributed by atoms with van der Waals surface area (Å²) in [7, 11) is -3.90. The second-order valence-corrected chi connectivity index (χ2v) is 7.26. The summed E-state index contributed by atoms with van der Waals surface area (Å²) >= 11 is 0. The molecule has 0 atom stereocenters. The monoisotopic (exact) mass is 344 g/mol. The molecule has 2 aromatic carbocycles. The number of fused-ring (bicyclic) bond motifs is 1. The number of nitrogens with one attached hydrogen (secondary N) is 2. The van der Waals surface area contributed by atoms with Crippen molar-refractivity contribution in [2.45, 2.75) is 18.7 Å². The molecule has 0 spiro atoms. The fourth-order valence-electron chi connectivity index (χ4n) is 2.56. The summed E-state index contributed by atoms with van der Waals surface area (Å²) in [6, 6.07) is 9.63. The van der Waals surface area contributed by atoms with Crippen molar-refractivity contribution in [3.63, 3.8) is 0 Å². The molecule has 1 aromatic heterocycles. The normalized spacial score (nSPS) is 11.6. The molecule has 0 aliphatic heterocycles. The van der Waals surface area contributed by atoms with Crippen molar-refractivity contribution in [1.29, 1.82) is 0 Å². The van der Waals surface area contributed by atoms with Crippen LogP contribution in [0.3, 0.4) is 0 Å². The molecule has 1 heterocycles. The third kappa shape index (κ3) is 2.85. The second-order valence-electron chi connectivity index (χ2n) is 5.61. The number of anilines is 1. The highest BCUT2D eigenvalue weighted by Gasteiger charge is 2.21. The third-order valence-electron chi connectivity index (χ3n) is 3.96. The average molecular weight is 344 g/mol. The predicted molar refractivity (Wildman–Crippen MR) is 92.0 cm³/mol. The van der Waals surface area contributed by atoms with Gasteiger partial charge in [0, 0.05) is 22.8 Å². The molecule has 0 bridgehead atoms. The number of carbonyl (C=O) groups is 1. The number of carboxylic acid groups (broad SMARTS) is 1. The highest BCUT2D eigenvalue weighted by molar-refractivity contribution is 7.92. The molecule has 3 rings (SSSR count). The summed E-state index contributed by atoms with van der Waals surface area (Å²) in [5.41, 5.74) is 2.39. The van der Waals surface area contributed by atoms with E-state index in [0.29, 0.717) is 16.8 Å². The van der Waals surface area contributed by atoms with E-state index in [0.717, 1.165) is 10.9 Å². The second kappa shape index (κ2) is 5.68. The van der Waals surface area contributed by atoms with Crippen LogP contribution in [0.4, 0.5) is 5.69 Å². The van der Waals surface area contributed by atoms with E-state index in [1.807, 2.05) is 6.07 Å². The molecule has 124 valence electrons. The molecule has 0 saturated carbocycles. The third-order valence-corrected chi connectivity index (χ3v) is 5.47. The van der Waals surface area contributed by atoms with Crippen molar-refractivity contribution in [1.82, 2.24) is 4.98 Å². The van der Waals surface area contributed by atoms with Crippen LogP contribution >= 0.6 is 0 Å². The van der Waals surface area contributed by atoms with Crippen LogP contribution in [0.5, 0.6) is 0 Å². The van der Waals surface area contributed by atoms with Crippen molar-refractivity contribution in [2.24, 2.45) is 0 Å². The first-order valence-electron chi connectivity index (χ1n) is 7.22. The van der Waals surface area contributed by atoms with E-state index in [4.69, 9.17) is 5.11 Å². The number of benzene rings is 2. The van der Waals surface area contributed by atoms with Crippen LogP contribution in [-0.2, 0) is 10.0 Å². The summed E-state index contributed by atoms with van der Waals surface area (Å²) in [6.45, 7) is 3.34. The Labute approximate surface area is 139 Å². The highest BCUT2D eigenvalue weighted by atomic mass is 32.2. The van der Waals surface area contributed by atoms with Crippen molar-refractivity contribution >= 4 is 32.6 Å². The quantitative estimate of drug-likeness (QED) is 0.676. The summed E-state index contributed by atoms with van der Waals surface area (Å²) in [5, 5.41) is 10.0. The maximum absolute atomic E-state index is 12.7. The number of aromatic carboxylic acids is 1. The molecule has 24 heavy (non-hydrogen) atoms. The van der Waals surface area contributed by atoms with E-state index in [2.05, 4.69) is 9.71 Å². The molecule has 0 fully saturated rings. The Balaban J connectivity index is 2.05. The molecule has 6 nitrogen and oxygen atoms in total. The first kappa shape index (κ1) is 16.1. The lowest BCUT2D eigenvalue weighted by atomic mass is 10.1. The van der Waals surface area contributed by atoms with Gasteiger partial charge in [-0.2, -0.15) is 0 Å². The van der Waals surface area contributed by atoms with Crippen LogP contribution in [-0.4, -0.2) is 24.5 Å². The van der Waals surface area contributed by atoms with Gasteiger partial charge in [-0.15, -0.1) is 0 Å². The van der Waals surface area contributed by atoms with E-state index < -0.39 is 16.0 Å². The lowest BCUT2D eigenvalue weighted by Crippen LogP contribution is -2.16. The smallest absolute Gasteiger partial charge is 0.335 e. The van der Waals surface area contributed by atoms with E-state index in [1.54, 1.807) is 38.2 Å². The average Bonchev–Trinajstić information content (AvgIpc) is 2.96. The van der Waals surface area contributed by atoms with Gasteiger partial charge in [-0.1, -0.05) is 0 Å². The van der Waals surface area contributed by atoms with Crippen LogP contribution in [0.1, 0.15) is 21.5 Å². The van der Waals surface area contributed by atoms with Crippen molar-refractivity contribution < 1.29 is 18.3 Å². The summed E-state index contributed by atoms with van der Waals surface area (Å²) in [4.78, 5) is 14.2. The minimum absolute atomic E-state index is 0.0333. The first-order chi connectivity index (χ1) is 11.3. The molecule has 0 aliphatic rings. The zero-order valence-corrected chi connectivity index (χ0v) is 13.9. The van der Waals surface area contributed by atoms with Crippen LogP contribution in [0, 0.1) is 13.8 Å². The molecular formula is C17H16N2O4S. The number of aromatic amines is 1. The van der Waals surface area contributed by atoms with Gasteiger partial charge in [0.05, 0.1) is 10.5 Å². The Morgan fingerprint density at radius 1 is 1.12 bits per heavy atom. The molecule has 3 N–H and O–H groups in total. The lowest BCUT2D eigenvalue weighted by Gasteiger charge is -2.13. The van der Waals surface area contributed by atoms with Crippen LogP contribution in [0.15, 0.2) is 47.5 Å². The molecule has 0 saturated heterocycles. The maximum Gasteiger partial charge on any atom is 0.335 e. The van der Waals surface area contributed by atoms with Gasteiger partial charge in [0.1, 0.15) is 0 Å². The standard InChI is InChI=1S/C17H16N2O4S/c1-10-7-13(17(20)21)9-16(11(10)2)24(22,23)19-14-3-4-15-12(8-14)5-6-18-15/h3-9,18-19H,1-2H3,(H,20,21). The van der Waals surface area contributed by atoms with Gasteiger partial charge >= 0.3 is 5.97 Å². The minimum Gasteiger partial charge on any atom is -0.478 e. The number of sulfonamides is 1. The van der Waals surface area contributed by atoms with Crippen LogP contribution in [0.25, 0.3) is 10.9 Å². The van der Waals surface area contributed by atoms with E-state index >= 15 is 0 Å². The van der Waals surface area contributed by atoms with Gasteiger partial charge < -0.3 is 10.1 Å². The molecule has 0 radical (unpaired) electrons. The Kier molecular flexibility index (Phi) is 3.81. The number of rotatable bonds is 4. The van der Waals surface area contributed by atoms with Crippen LogP contribution < -0.4 is 4.72 Å². The molecule has 0 aliphatic carbocycles. The number of aromatic nitrogens is 1. The Morgan fingerprint density at radius 2 is 1.88 bits per heavy atom. The van der Waals surface area contributed by atoms with E-state index in [-0.39, 0.29) is 10.5 Å². The fraction of sp³-hybridized carbons (Fsp3) is 0.118. The molecule has 7 heteroatoms. The number of hydrogen-bond acceptors (Lipinski definition) is 3. The summed E-state index contributed by atoms with van der Waals surface area (Å²) in [6.07, 6.45) is 1.77. The number of aryl methyl sites for hydroxylation is 1. The Morgan fingerprint density at radius 3 is 2.58 bits per heavy atom. The maximum atomic E-state index is 12.7. The van der Waals surface area contributed by atoms with Gasteiger partial charge in [-0.25, -0.2) is 13.2 Å². The lowest BCUT2D eigenvalue weighted by molar-refractivity contribution is 0.0696. The molecule has 3 aromatic rings. The van der Waals surface area contributed by atoms with Crippen molar-refractivity contribution in [3.05, 3.63) is 59.3 Å². The first-order valence-corrected chi connectivity index (χ1v) is 8.71. The van der Waals surface area contributed by atoms with Gasteiger partial charge in [0.2, 0.25) is 0 Å². The minimum atomic E-state index is -3.90. The molecule has 0 unspecified atom stereocenters. The highest BCUT2D eigenvalue weighted by Crippen LogP contribution is 2.25. The Hall–Kier alpha value is -2.80. The predicted octanol–water partition coefficient (Wildman–Crippen LogP) is 3.28. The van der Waals surface area contributed by atoms with Gasteiger partial charge in [-0.3, -0.25) is 4.72 Å². The summed E-state index contributed by atoms with van der Waals surface area (Å²) < 4.78 is 27.9. The zero-order chi connectivity index (χ0) is 17.5. The SMILES string of the molecule is Cc1cc(C(=O)O)cc(S(=O)(=O)Nc2ccc3[nH]ccc3c2)c1C. The number of H-pyrrole nitrogens is 1. The summed E-state index contributed by atoms with van der Waals surface area (Å²) in [5.74, 6) is -1.16. The van der Waals surface area contributed by atoms with E-state index in [1.165, 1.54) is 12.1 Å². The van der Waals surface area contributed by atoms with Gasteiger partial charge in [-0.05, 0) is 61.4 Å². The molecular weight excluding hydrogens is 328 g/mol. The zero-order valence-electron chi connectivity index (χ0n) is 13.1. The number of hydrogen-bond donors (Lipinski definition) is 3. The van der Waals surface area contributed by atoms with E-state index in [9.17, 15) is 13.2 Å². The Bertz CT molecular complexity index is 1050. The molecule has 0 amide bonds. The van der Waals surface area contributed by atoms with Crippen LogP contribution in [0.2, 0.25) is 0 Å². The van der Waals surface area contributed by atoms with Crippen molar-refractivity contribution in [2.75, 3.05) is 4.72 Å². The topological polar surface area (TPSA) is 99.3 Å². The fourth-order valence-corrected chi connectivity index (χ4v) is 3.95. The van der Waals surface area contributed by atoms with Crippen molar-refractivity contribution in [3.8, 4) is 0 Å². The van der Waals surface area contributed by atoms with Gasteiger partial charge in [0.25, 0.3) is 10.0 Å². The van der Waals surface area contributed by atoms with Gasteiger partial charge in [0.15, 0.2) is 0 Å². The number of carboxylic acids is 1.